The van der Waals surface area contributed by atoms with Crippen LogP contribution in [0.2, 0.25) is 0 Å². The van der Waals surface area contributed by atoms with Gasteiger partial charge in [-0.15, -0.1) is 0 Å². The maximum Gasteiger partial charge on any atom is 0.223 e. The van der Waals surface area contributed by atoms with Crippen LogP contribution in [-0.4, -0.2) is 69.2 Å². The predicted octanol–water partition coefficient (Wildman–Crippen LogP) is 0.393. The fraction of sp³-hybridized carbons (Fsp3) is 1.00. The van der Waals surface area contributed by atoms with Gasteiger partial charge in [0.2, 0.25) is 11.6 Å². The smallest absolute Gasteiger partial charge is 0.223 e. The molecule has 3 rings (SSSR count). The molecule has 3 aliphatic rings. The van der Waals surface area contributed by atoms with Crippen molar-refractivity contribution in [2.24, 2.45) is 0 Å². The van der Waals surface area contributed by atoms with Gasteiger partial charge < -0.3 is 33.5 Å². The van der Waals surface area contributed by atoms with Gasteiger partial charge in [0.25, 0.3) is 0 Å². The lowest BCUT2D eigenvalue weighted by molar-refractivity contribution is -0.489. The van der Waals surface area contributed by atoms with Crippen molar-refractivity contribution >= 4 is 0 Å². The van der Waals surface area contributed by atoms with Gasteiger partial charge in [0.15, 0.2) is 6.29 Å². The van der Waals surface area contributed by atoms with E-state index in [0.29, 0.717) is 12.8 Å². The maximum absolute atomic E-state index is 10.4. The molecule has 7 nitrogen and oxygen atoms in total. The fourth-order valence-corrected chi connectivity index (χ4v) is 3.68. The Balaban J connectivity index is 1.90. The highest BCUT2D eigenvalue weighted by Gasteiger charge is 2.65. The molecule has 21 heavy (non-hydrogen) atoms. The summed E-state index contributed by atoms with van der Waals surface area (Å²) < 4.78 is 34.3. The predicted molar refractivity (Wildman–Crippen MR) is 70.4 cm³/mol. The Morgan fingerprint density at radius 1 is 1.00 bits per heavy atom. The van der Waals surface area contributed by atoms with Crippen molar-refractivity contribution in [2.45, 2.75) is 61.9 Å². The summed E-state index contributed by atoms with van der Waals surface area (Å²) >= 11 is 0. The van der Waals surface area contributed by atoms with Gasteiger partial charge in [-0.05, 0) is 12.8 Å². The average Bonchev–Trinajstić information content (AvgIpc) is 2.53. The summed E-state index contributed by atoms with van der Waals surface area (Å²) in [5, 5.41) is 10.4. The second kappa shape index (κ2) is 5.73. The van der Waals surface area contributed by atoms with E-state index in [0.717, 1.165) is 12.8 Å². The van der Waals surface area contributed by atoms with Crippen molar-refractivity contribution in [2.75, 3.05) is 27.9 Å². The first-order valence-corrected chi connectivity index (χ1v) is 7.40. The summed E-state index contributed by atoms with van der Waals surface area (Å²) in [4.78, 5) is 0. The number of aliphatic hydroxyl groups excluding tert-OH is 1. The number of rotatable bonds is 3. The lowest BCUT2D eigenvalue weighted by Crippen LogP contribution is -2.73. The molecule has 2 saturated heterocycles. The van der Waals surface area contributed by atoms with Crippen LogP contribution in [0.5, 0.6) is 0 Å². The van der Waals surface area contributed by atoms with Crippen molar-refractivity contribution in [3.63, 3.8) is 0 Å². The molecule has 0 spiro atoms. The molecule has 0 aromatic rings. The van der Waals surface area contributed by atoms with Gasteiger partial charge in [-0.25, -0.2) is 0 Å². The number of aliphatic hydroxyl groups is 1. The second-order valence-corrected chi connectivity index (χ2v) is 5.79. The molecule has 0 aromatic carbocycles. The van der Waals surface area contributed by atoms with E-state index in [9.17, 15) is 5.11 Å². The van der Waals surface area contributed by atoms with Gasteiger partial charge in [-0.3, -0.25) is 0 Å². The summed E-state index contributed by atoms with van der Waals surface area (Å²) in [6, 6.07) is 0. The summed E-state index contributed by atoms with van der Waals surface area (Å²) in [6.07, 6.45) is 0.651. The molecular weight excluding hydrogens is 280 g/mol. The Bertz CT molecular complexity index is 378. The standard InChI is InChI=1S/C14H24O7/c1-16-12-10(15)11-9(8-19-12)20-13(17-2)6-4-5-7-14(13,18-3)21-11/h9-12,15H,4-8H2,1-3H3/t9-,10+,11+,12+,13+,14+/m0/s1. The summed E-state index contributed by atoms with van der Waals surface area (Å²) in [5.74, 6) is -1.96. The van der Waals surface area contributed by atoms with Gasteiger partial charge in [0.05, 0.1) is 6.61 Å². The van der Waals surface area contributed by atoms with Gasteiger partial charge in [-0.1, -0.05) is 0 Å². The molecule has 3 fully saturated rings. The highest BCUT2D eigenvalue weighted by Crippen LogP contribution is 2.50. The maximum atomic E-state index is 10.4. The van der Waals surface area contributed by atoms with Gasteiger partial charge in [-0.2, -0.15) is 0 Å². The summed E-state index contributed by atoms with van der Waals surface area (Å²) in [6.45, 7) is 0.283. The molecule has 0 unspecified atom stereocenters. The van der Waals surface area contributed by atoms with E-state index >= 15 is 0 Å². The van der Waals surface area contributed by atoms with Crippen LogP contribution in [0.3, 0.4) is 0 Å². The third-order valence-electron chi connectivity index (χ3n) is 4.81. The second-order valence-electron chi connectivity index (χ2n) is 5.79. The normalized spacial score (nSPS) is 50.3. The molecule has 0 aromatic heterocycles. The van der Waals surface area contributed by atoms with Crippen molar-refractivity contribution in [3.8, 4) is 0 Å². The van der Waals surface area contributed by atoms with E-state index in [1.54, 1.807) is 14.2 Å². The molecule has 122 valence electrons. The van der Waals surface area contributed by atoms with E-state index < -0.39 is 36.2 Å². The zero-order chi connectivity index (χ0) is 15.1. The highest BCUT2D eigenvalue weighted by molar-refractivity contribution is 5.01. The van der Waals surface area contributed by atoms with Crippen LogP contribution in [0.4, 0.5) is 0 Å². The Kier molecular flexibility index (Phi) is 4.26. The van der Waals surface area contributed by atoms with Gasteiger partial charge >= 0.3 is 0 Å². The van der Waals surface area contributed by atoms with Gasteiger partial charge in [0.1, 0.15) is 18.3 Å². The Morgan fingerprint density at radius 3 is 2.19 bits per heavy atom. The molecule has 2 aliphatic heterocycles. The zero-order valence-electron chi connectivity index (χ0n) is 12.7. The molecule has 7 heteroatoms. The minimum atomic E-state index is -1.00. The monoisotopic (exact) mass is 304 g/mol. The lowest BCUT2D eigenvalue weighted by atomic mass is 9.84. The first-order valence-electron chi connectivity index (χ1n) is 7.40. The van der Waals surface area contributed by atoms with E-state index in [1.165, 1.54) is 7.11 Å². The lowest BCUT2D eigenvalue weighted by Gasteiger charge is -2.58. The minimum Gasteiger partial charge on any atom is -0.385 e. The third-order valence-corrected chi connectivity index (χ3v) is 4.81. The Hall–Kier alpha value is -0.280. The molecule has 0 bridgehead atoms. The van der Waals surface area contributed by atoms with E-state index in [2.05, 4.69) is 0 Å². The average molecular weight is 304 g/mol. The molecule has 0 radical (unpaired) electrons. The highest BCUT2D eigenvalue weighted by atomic mass is 16.8. The van der Waals surface area contributed by atoms with Crippen LogP contribution in [0.25, 0.3) is 0 Å². The quantitative estimate of drug-likeness (QED) is 0.808. The molecule has 1 aliphatic carbocycles. The molecule has 1 saturated carbocycles. The van der Waals surface area contributed by atoms with E-state index in [1.807, 2.05) is 0 Å². The van der Waals surface area contributed by atoms with E-state index in [4.69, 9.17) is 28.4 Å². The molecule has 6 atom stereocenters. The first kappa shape index (κ1) is 15.6. The largest absolute Gasteiger partial charge is 0.385 e. The van der Waals surface area contributed by atoms with E-state index in [-0.39, 0.29) is 6.61 Å². The fourth-order valence-electron chi connectivity index (χ4n) is 3.68. The third kappa shape index (κ3) is 2.23. The zero-order valence-corrected chi connectivity index (χ0v) is 12.7. The molecule has 0 amide bonds. The van der Waals surface area contributed by atoms with Gasteiger partial charge in [0, 0.05) is 34.2 Å². The molecular formula is C14H24O7. The summed E-state index contributed by atoms with van der Waals surface area (Å²) in [7, 11) is 4.67. The van der Waals surface area contributed by atoms with Crippen molar-refractivity contribution in [3.05, 3.63) is 0 Å². The van der Waals surface area contributed by atoms with Crippen LogP contribution in [0.1, 0.15) is 25.7 Å². The van der Waals surface area contributed by atoms with Crippen molar-refractivity contribution in [1.82, 2.24) is 0 Å². The minimum absolute atomic E-state index is 0.283. The number of fused-ring (bicyclic) bond motifs is 2. The van der Waals surface area contributed by atoms with Crippen LogP contribution >= 0.6 is 0 Å². The summed E-state index contributed by atoms with van der Waals surface area (Å²) in [5.41, 5.74) is 0. The number of hydrogen-bond donors (Lipinski definition) is 1. The van der Waals surface area contributed by atoms with Crippen LogP contribution in [0.15, 0.2) is 0 Å². The topological polar surface area (TPSA) is 75.6 Å². The van der Waals surface area contributed by atoms with Crippen LogP contribution < -0.4 is 0 Å². The Morgan fingerprint density at radius 2 is 1.62 bits per heavy atom. The number of methoxy groups -OCH3 is 3. The van der Waals surface area contributed by atoms with Crippen LogP contribution in [0, 0.1) is 0 Å². The SMILES string of the molecule is CO[C@@H]1OC[C@@H]2O[C@]3(OC)CCCC[C@@]3(OC)O[C@H]2[C@H]1O. The number of ether oxygens (including phenoxy) is 6. The molecule has 1 N–H and O–H groups in total. The molecule has 2 heterocycles. The first-order chi connectivity index (χ1) is 10.1. The van der Waals surface area contributed by atoms with Crippen molar-refractivity contribution < 1.29 is 33.5 Å². The Labute approximate surface area is 124 Å². The van der Waals surface area contributed by atoms with Crippen LogP contribution in [-0.2, 0) is 28.4 Å². The van der Waals surface area contributed by atoms with Crippen molar-refractivity contribution in [1.29, 1.82) is 0 Å². The number of hydrogen-bond acceptors (Lipinski definition) is 7.